The number of dihydropyridines is 1. The van der Waals surface area contributed by atoms with E-state index in [1.165, 1.54) is 0 Å². The normalized spacial score (nSPS) is 29.1. The molecule has 0 amide bonds. The van der Waals surface area contributed by atoms with Gasteiger partial charge in [-0.2, -0.15) is 0 Å². The molecule has 1 N–H and O–H groups in total. The Hall–Kier alpha value is -0.970. The third-order valence-corrected chi connectivity index (χ3v) is 3.39. The third-order valence-electron chi connectivity index (χ3n) is 2.08. The lowest BCUT2D eigenvalue weighted by molar-refractivity contribution is -0.142. The first-order chi connectivity index (χ1) is 6.81. The minimum atomic E-state index is -0.257. The van der Waals surface area contributed by atoms with Crippen LogP contribution in [0, 0.1) is 0 Å². The second-order valence-corrected chi connectivity index (χ2v) is 4.35. The standard InChI is InChI=1S/C9H12N2O2S/c1-2-13-9(12)8-11-6-3-4-10-5-7(6)14-8/h3-4,7-8,11H,2,5H2,1H3. The van der Waals surface area contributed by atoms with E-state index in [9.17, 15) is 4.79 Å². The summed E-state index contributed by atoms with van der Waals surface area (Å²) in [4.78, 5) is 15.6. The van der Waals surface area contributed by atoms with Gasteiger partial charge in [0.05, 0.1) is 18.4 Å². The molecule has 2 unspecified atom stereocenters. The first-order valence-electron chi connectivity index (χ1n) is 4.60. The summed E-state index contributed by atoms with van der Waals surface area (Å²) in [5.41, 5.74) is 1.09. The minimum Gasteiger partial charge on any atom is -0.464 e. The Morgan fingerprint density at radius 2 is 2.71 bits per heavy atom. The zero-order valence-corrected chi connectivity index (χ0v) is 8.71. The van der Waals surface area contributed by atoms with Crippen molar-refractivity contribution in [1.29, 1.82) is 0 Å². The molecule has 2 heterocycles. The molecule has 5 heteroatoms. The molecule has 2 rings (SSSR count). The quantitative estimate of drug-likeness (QED) is 0.679. The molecule has 2 atom stereocenters. The maximum atomic E-state index is 11.4. The lowest BCUT2D eigenvalue weighted by atomic mass is 10.2. The number of thioether (sulfide) groups is 1. The second-order valence-electron chi connectivity index (χ2n) is 3.04. The number of aliphatic imine (C=N–C) groups is 1. The van der Waals surface area contributed by atoms with Crippen LogP contribution in [0.2, 0.25) is 0 Å². The van der Waals surface area contributed by atoms with Crippen LogP contribution < -0.4 is 5.32 Å². The Balaban J connectivity index is 1.98. The zero-order valence-electron chi connectivity index (χ0n) is 7.90. The summed E-state index contributed by atoms with van der Waals surface area (Å²) in [6.45, 7) is 2.99. The van der Waals surface area contributed by atoms with Gasteiger partial charge in [-0.05, 0) is 13.0 Å². The van der Waals surface area contributed by atoms with Gasteiger partial charge in [0, 0.05) is 11.9 Å². The molecule has 14 heavy (non-hydrogen) atoms. The summed E-state index contributed by atoms with van der Waals surface area (Å²) in [5, 5.41) is 3.18. The highest BCUT2D eigenvalue weighted by molar-refractivity contribution is 8.01. The van der Waals surface area contributed by atoms with Crippen LogP contribution in [0.5, 0.6) is 0 Å². The van der Waals surface area contributed by atoms with Crippen molar-refractivity contribution in [3.05, 3.63) is 11.8 Å². The SMILES string of the molecule is CCOC(=O)C1NC2=CC=NCC2S1. The number of fused-ring (bicyclic) bond motifs is 1. The van der Waals surface area contributed by atoms with Crippen molar-refractivity contribution in [2.24, 2.45) is 4.99 Å². The maximum absolute atomic E-state index is 11.4. The van der Waals surface area contributed by atoms with Crippen LogP contribution in [0.1, 0.15) is 6.92 Å². The van der Waals surface area contributed by atoms with Gasteiger partial charge in [0.1, 0.15) is 0 Å². The van der Waals surface area contributed by atoms with Crippen molar-refractivity contribution in [2.45, 2.75) is 17.5 Å². The van der Waals surface area contributed by atoms with Crippen LogP contribution in [0.15, 0.2) is 16.8 Å². The van der Waals surface area contributed by atoms with Crippen molar-refractivity contribution >= 4 is 23.9 Å². The Morgan fingerprint density at radius 3 is 3.43 bits per heavy atom. The highest BCUT2D eigenvalue weighted by Crippen LogP contribution is 2.31. The van der Waals surface area contributed by atoms with Crippen LogP contribution >= 0.6 is 11.8 Å². The molecule has 4 nitrogen and oxygen atoms in total. The predicted molar refractivity (Wildman–Crippen MR) is 56.4 cm³/mol. The lowest BCUT2D eigenvalue weighted by Gasteiger charge is -2.08. The van der Waals surface area contributed by atoms with Crippen LogP contribution in [-0.4, -0.2) is 36.0 Å². The molecule has 0 radical (unpaired) electrons. The van der Waals surface area contributed by atoms with Crippen molar-refractivity contribution in [1.82, 2.24) is 5.32 Å². The Kier molecular flexibility index (Phi) is 2.77. The predicted octanol–water partition coefficient (Wildman–Crippen LogP) is 0.549. The zero-order chi connectivity index (χ0) is 9.97. The van der Waals surface area contributed by atoms with Gasteiger partial charge in [-0.25, -0.2) is 4.79 Å². The highest BCUT2D eigenvalue weighted by Gasteiger charge is 2.35. The fourth-order valence-corrected chi connectivity index (χ4v) is 2.61. The molecule has 0 aromatic carbocycles. The van der Waals surface area contributed by atoms with Crippen molar-refractivity contribution in [2.75, 3.05) is 13.2 Å². The van der Waals surface area contributed by atoms with E-state index in [2.05, 4.69) is 10.3 Å². The number of carbonyl (C=O) groups excluding carboxylic acids is 1. The number of rotatable bonds is 2. The van der Waals surface area contributed by atoms with E-state index in [0.29, 0.717) is 11.9 Å². The van der Waals surface area contributed by atoms with E-state index < -0.39 is 0 Å². The average molecular weight is 212 g/mol. The molecule has 0 aliphatic carbocycles. The molecule has 76 valence electrons. The number of allylic oxidation sites excluding steroid dienone is 1. The van der Waals surface area contributed by atoms with Crippen LogP contribution in [0.3, 0.4) is 0 Å². The largest absolute Gasteiger partial charge is 0.464 e. The third kappa shape index (κ3) is 1.77. The number of nitrogens with one attached hydrogen (secondary N) is 1. The van der Waals surface area contributed by atoms with E-state index in [4.69, 9.17) is 4.74 Å². The minimum absolute atomic E-state index is 0.187. The highest BCUT2D eigenvalue weighted by atomic mass is 32.2. The van der Waals surface area contributed by atoms with Gasteiger partial charge < -0.3 is 10.1 Å². The summed E-state index contributed by atoms with van der Waals surface area (Å²) < 4.78 is 4.94. The van der Waals surface area contributed by atoms with Crippen molar-refractivity contribution in [3.63, 3.8) is 0 Å². The lowest BCUT2D eigenvalue weighted by Crippen LogP contribution is -2.30. The monoisotopic (exact) mass is 212 g/mol. The van der Waals surface area contributed by atoms with Gasteiger partial charge in [-0.3, -0.25) is 4.99 Å². The van der Waals surface area contributed by atoms with Gasteiger partial charge in [-0.1, -0.05) is 0 Å². The van der Waals surface area contributed by atoms with Gasteiger partial charge in [-0.15, -0.1) is 11.8 Å². The van der Waals surface area contributed by atoms with Gasteiger partial charge in [0.25, 0.3) is 0 Å². The molecule has 0 spiro atoms. The van der Waals surface area contributed by atoms with Crippen molar-refractivity contribution < 1.29 is 9.53 Å². The van der Waals surface area contributed by atoms with Crippen LogP contribution in [0.4, 0.5) is 0 Å². The summed E-state index contributed by atoms with van der Waals surface area (Å²) in [6, 6.07) is 0. The number of hydrogen-bond donors (Lipinski definition) is 1. The van der Waals surface area contributed by atoms with Gasteiger partial charge >= 0.3 is 5.97 Å². The Morgan fingerprint density at radius 1 is 1.86 bits per heavy atom. The van der Waals surface area contributed by atoms with E-state index in [1.807, 2.05) is 13.0 Å². The van der Waals surface area contributed by atoms with Crippen molar-refractivity contribution in [3.8, 4) is 0 Å². The molecule has 0 aromatic heterocycles. The molecule has 0 bridgehead atoms. The molecule has 0 saturated carbocycles. The topological polar surface area (TPSA) is 50.7 Å². The molecular weight excluding hydrogens is 200 g/mol. The Bertz CT molecular complexity index is 301. The number of ether oxygens (including phenoxy) is 1. The molecule has 1 saturated heterocycles. The summed E-state index contributed by atoms with van der Waals surface area (Å²) in [5.74, 6) is -0.187. The first-order valence-corrected chi connectivity index (χ1v) is 5.54. The molecule has 2 aliphatic rings. The summed E-state index contributed by atoms with van der Waals surface area (Å²) in [6.07, 6.45) is 3.69. The summed E-state index contributed by atoms with van der Waals surface area (Å²) >= 11 is 1.57. The van der Waals surface area contributed by atoms with E-state index in [0.717, 1.165) is 12.2 Å². The van der Waals surface area contributed by atoms with E-state index in [-0.39, 0.29) is 11.3 Å². The first kappa shape index (κ1) is 9.58. The van der Waals surface area contributed by atoms with E-state index in [1.54, 1.807) is 18.0 Å². The van der Waals surface area contributed by atoms with E-state index >= 15 is 0 Å². The molecule has 2 aliphatic heterocycles. The Labute approximate surface area is 86.8 Å². The smallest absolute Gasteiger partial charge is 0.339 e. The number of esters is 1. The molecule has 1 fully saturated rings. The fourth-order valence-electron chi connectivity index (χ4n) is 1.43. The molecular formula is C9H12N2O2S. The van der Waals surface area contributed by atoms with Crippen LogP contribution in [-0.2, 0) is 9.53 Å². The molecule has 0 aromatic rings. The number of hydrogen-bond acceptors (Lipinski definition) is 5. The van der Waals surface area contributed by atoms with Gasteiger partial charge in [0.2, 0.25) is 0 Å². The number of nitrogens with zero attached hydrogens (tertiary/aromatic N) is 1. The maximum Gasteiger partial charge on any atom is 0.339 e. The van der Waals surface area contributed by atoms with Gasteiger partial charge in [0.15, 0.2) is 5.37 Å². The average Bonchev–Trinajstić information content (AvgIpc) is 2.61. The second kappa shape index (κ2) is 4.04. The van der Waals surface area contributed by atoms with Crippen LogP contribution in [0.25, 0.3) is 0 Å². The summed E-state index contributed by atoms with van der Waals surface area (Å²) in [7, 11) is 0. The number of carbonyl (C=O) groups is 1. The fraction of sp³-hybridized carbons (Fsp3) is 0.556.